The highest BCUT2D eigenvalue weighted by atomic mass is 35.5. The van der Waals surface area contributed by atoms with Gasteiger partial charge in [-0.2, -0.15) is 0 Å². The van der Waals surface area contributed by atoms with Crippen molar-refractivity contribution in [2.45, 2.75) is 6.92 Å². The first-order valence-electron chi connectivity index (χ1n) is 8.06. The van der Waals surface area contributed by atoms with Crippen LogP contribution in [-0.2, 0) is 0 Å². The third-order valence-corrected chi connectivity index (χ3v) is 4.13. The molecule has 3 rings (SSSR count). The van der Waals surface area contributed by atoms with Crippen LogP contribution in [0.15, 0.2) is 48.5 Å². The molecule has 0 spiro atoms. The Bertz CT molecular complexity index is 865. The van der Waals surface area contributed by atoms with Crippen molar-refractivity contribution in [2.24, 2.45) is 0 Å². The molecule has 0 fully saturated rings. The number of likely N-dealkylation sites (N-methyl/N-ethyl adjacent to an activating group) is 2. The predicted molar refractivity (Wildman–Crippen MR) is 111 cm³/mol. The molecule has 26 heavy (non-hydrogen) atoms. The lowest BCUT2D eigenvalue weighted by Gasteiger charge is -2.16. The summed E-state index contributed by atoms with van der Waals surface area (Å²) in [5.74, 6) is 0.920. The summed E-state index contributed by atoms with van der Waals surface area (Å²) in [7, 11) is 3.70. The molecule has 1 amide bonds. The van der Waals surface area contributed by atoms with Crippen LogP contribution in [0.25, 0.3) is 16.7 Å². The van der Waals surface area contributed by atoms with Crippen molar-refractivity contribution in [3.05, 3.63) is 59.9 Å². The second-order valence-corrected chi connectivity index (χ2v) is 5.86. The van der Waals surface area contributed by atoms with E-state index in [1.807, 2.05) is 57.4 Å². The number of imidazole rings is 1. The Morgan fingerprint density at radius 1 is 1.15 bits per heavy atom. The molecule has 0 bridgehead atoms. The van der Waals surface area contributed by atoms with Crippen molar-refractivity contribution >= 4 is 41.8 Å². The Balaban J connectivity index is 0.00000169. The minimum absolute atomic E-state index is 0. The van der Waals surface area contributed by atoms with Crippen molar-refractivity contribution < 1.29 is 4.79 Å². The molecule has 3 aromatic rings. The van der Waals surface area contributed by atoms with Crippen LogP contribution in [0.5, 0.6) is 0 Å². The van der Waals surface area contributed by atoms with E-state index < -0.39 is 0 Å². The molecule has 7 heteroatoms. The van der Waals surface area contributed by atoms with E-state index >= 15 is 0 Å². The Morgan fingerprint density at radius 2 is 1.85 bits per heavy atom. The van der Waals surface area contributed by atoms with Gasteiger partial charge in [0.2, 0.25) is 0 Å². The molecular weight excluding hydrogens is 371 g/mol. The summed E-state index contributed by atoms with van der Waals surface area (Å²) >= 11 is 0. The third-order valence-electron chi connectivity index (χ3n) is 4.13. The zero-order valence-electron chi connectivity index (χ0n) is 15.1. The number of nitrogens with zero attached hydrogens (tertiary/aromatic N) is 3. The van der Waals surface area contributed by atoms with Gasteiger partial charge in [0.1, 0.15) is 5.82 Å². The van der Waals surface area contributed by atoms with E-state index in [1.165, 1.54) is 0 Å². The average Bonchev–Trinajstić information content (AvgIpc) is 2.94. The van der Waals surface area contributed by atoms with Crippen LogP contribution < -0.4 is 5.32 Å². The highest BCUT2D eigenvalue weighted by Crippen LogP contribution is 2.22. The quantitative estimate of drug-likeness (QED) is 0.720. The summed E-state index contributed by atoms with van der Waals surface area (Å²) < 4.78 is 2.11. The van der Waals surface area contributed by atoms with Crippen LogP contribution in [0.3, 0.4) is 0 Å². The van der Waals surface area contributed by atoms with Gasteiger partial charge in [-0.25, -0.2) is 4.98 Å². The van der Waals surface area contributed by atoms with Crippen LogP contribution in [0, 0.1) is 6.92 Å². The predicted octanol–water partition coefficient (Wildman–Crippen LogP) is 3.47. The number of aryl methyl sites for hydroxylation is 1. The van der Waals surface area contributed by atoms with E-state index in [0.717, 1.165) is 29.1 Å². The number of carbonyl (C=O) groups excluding carboxylic acids is 1. The minimum atomic E-state index is 0. The van der Waals surface area contributed by atoms with E-state index in [-0.39, 0.29) is 30.7 Å². The van der Waals surface area contributed by atoms with Gasteiger partial charge in [0.15, 0.2) is 0 Å². The number of aromatic nitrogens is 2. The van der Waals surface area contributed by atoms with Crippen LogP contribution in [-0.4, -0.2) is 47.5 Å². The first-order valence-corrected chi connectivity index (χ1v) is 8.06. The first-order chi connectivity index (χ1) is 11.6. The summed E-state index contributed by atoms with van der Waals surface area (Å²) in [6.07, 6.45) is 0. The van der Waals surface area contributed by atoms with Crippen molar-refractivity contribution in [1.29, 1.82) is 0 Å². The number of carbonyl (C=O) groups is 1. The molecule has 1 N–H and O–H groups in total. The number of halogens is 2. The Morgan fingerprint density at radius 3 is 2.50 bits per heavy atom. The summed E-state index contributed by atoms with van der Waals surface area (Å²) in [4.78, 5) is 18.9. The smallest absolute Gasteiger partial charge is 0.253 e. The molecule has 0 unspecified atom stereocenters. The van der Waals surface area contributed by atoms with Crippen LogP contribution >= 0.6 is 24.8 Å². The molecule has 5 nitrogen and oxygen atoms in total. The highest BCUT2D eigenvalue weighted by Gasteiger charge is 2.15. The van der Waals surface area contributed by atoms with Gasteiger partial charge in [0.25, 0.3) is 5.91 Å². The largest absolute Gasteiger partial charge is 0.340 e. The molecule has 1 aromatic heterocycles. The second kappa shape index (κ2) is 9.57. The average molecular weight is 395 g/mol. The van der Waals surface area contributed by atoms with Gasteiger partial charge < -0.3 is 10.2 Å². The number of hydrogen-bond donors (Lipinski definition) is 1. The number of amides is 1. The van der Waals surface area contributed by atoms with Gasteiger partial charge in [-0.15, -0.1) is 24.8 Å². The maximum absolute atomic E-state index is 12.5. The second-order valence-electron chi connectivity index (χ2n) is 5.86. The minimum Gasteiger partial charge on any atom is -0.340 e. The Kier molecular flexibility index (Phi) is 8.08. The van der Waals surface area contributed by atoms with E-state index in [0.29, 0.717) is 12.1 Å². The Hall–Kier alpha value is -2.08. The maximum Gasteiger partial charge on any atom is 0.253 e. The number of nitrogens with one attached hydrogen (secondary N) is 1. The molecule has 1 heterocycles. The van der Waals surface area contributed by atoms with Crippen molar-refractivity contribution in [3.8, 4) is 5.69 Å². The summed E-state index contributed by atoms with van der Waals surface area (Å²) in [6, 6.07) is 15.8. The maximum atomic E-state index is 12.5. The van der Waals surface area contributed by atoms with E-state index in [9.17, 15) is 4.79 Å². The lowest BCUT2D eigenvalue weighted by Crippen LogP contribution is -2.32. The third kappa shape index (κ3) is 4.36. The Labute approximate surface area is 166 Å². The molecule has 0 radical (unpaired) electrons. The topological polar surface area (TPSA) is 50.2 Å². The molecule has 0 saturated heterocycles. The SMILES string of the molecule is CNCCN(C)C(=O)c1ccc2c(c1)nc(C)n2-c1ccccc1.Cl.Cl. The molecule has 0 aliphatic carbocycles. The number of fused-ring (bicyclic) bond motifs is 1. The number of rotatable bonds is 5. The van der Waals surface area contributed by atoms with Crippen LogP contribution in [0.4, 0.5) is 0 Å². The fourth-order valence-electron chi connectivity index (χ4n) is 2.84. The lowest BCUT2D eigenvalue weighted by molar-refractivity contribution is 0.0797. The van der Waals surface area contributed by atoms with E-state index in [1.54, 1.807) is 4.90 Å². The van der Waals surface area contributed by atoms with Gasteiger partial charge >= 0.3 is 0 Å². The first kappa shape index (κ1) is 22.0. The molecule has 0 aliphatic rings. The van der Waals surface area contributed by atoms with Crippen LogP contribution in [0.1, 0.15) is 16.2 Å². The van der Waals surface area contributed by atoms with Gasteiger partial charge in [-0.3, -0.25) is 9.36 Å². The fourth-order valence-corrected chi connectivity index (χ4v) is 2.84. The monoisotopic (exact) mass is 394 g/mol. The fraction of sp³-hybridized carbons (Fsp3) is 0.263. The number of hydrogen-bond acceptors (Lipinski definition) is 3. The molecule has 140 valence electrons. The summed E-state index contributed by atoms with van der Waals surface area (Å²) in [6.45, 7) is 3.42. The van der Waals surface area contributed by atoms with Crippen LogP contribution in [0.2, 0.25) is 0 Å². The van der Waals surface area contributed by atoms with Gasteiger partial charge in [-0.05, 0) is 44.3 Å². The van der Waals surface area contributed by atoms with Gasteiger partial charge in [-0.1, -0.05) is 18.2 Å². The summed E-state index contributed by atoms with van der Waals surface area (Å²) in [5, 5.41) is 3.05. The molecule has 0 atom stereocenters. The number of benzene rings is 2. The molecular formula is C19H24Cl2N4O. The molecule has 2 aromatic carbocycles. The number of para-hydroxylation sites is 1. The van der Waals surface area contributed by atoms with E-state index in [4.69, 9.17) is 0 Å². The zero-order chi connectivity index (χ0) is 17.1. The molecule has 0 saturated carbocycles. The van der Waals surface area contributed by atoms with Crippen molar-refractivity contribution in [2.75, 3.05) is 27.2 Å². The molecule has 0 aliphatic heterocycles. The highest BCUT2D eigenvalue weighted by molar-refractivity contribution is 5.97. The standard InChI is InChI=1S/C19H22N4O.2ClH/c1-14-21-17-13-15(19(24)22(3)12-11-20-2)9-10-18(17)23(14)16-7-5-4-6-8-16;;/h4-10,13,20H,11-12H2,1-3H3;2*1H. The normalized spacial score (nSPS) is 10.1. The van der Waals surface area contributed by atoms with Gasteiger partial charge in [0.05, 0.1) is 11.0 Å². The van der Waals surface area contributed by atoms with Crippen molar-refractivity contribution in [1.82, 2.24) is 19.8 Å². The summed E-state index contributed by atoms with van der Waals surface area (Å²) in [5.41, 5.74) is 3.58. The zero-order valence-corrected chi connectivity index (χ0v) is 16.7. The van der Waals surface area contributed by atoms with E-state index in [2.05, 4.69) is 27.0 Å². The van der Waals surface area contributed by atoms with Crippen molar-refractivity contribution in [3.63, 3.8) is 0 Å². The van der Waals surface area contributed by atoms with Gasteiger partial charge in [0, 0.05) is 31.4 Å². The lowest BCUT2D eigenvalue weighted by atomic mass is 10.1.